The predicted molar refractivity (Wildman–Crippen MR) is 109 cm³/mol. The van der Waals surface area contributed by atoms with Crippen molar-refractivity contribution >= 4 is 0 Å². The summed E-state index contributed by atoms with van der Waals surface area (Å²) in [5.41, 5.74) is -2.72. The minimum atomic E-state index is -4.72. The number of phenolic OH excluding ortho intramolecular Hbond substituents is 2. The molecule has 0 atom stereocenters. The monoisotopic (exact) mass is 580 g/mol. The molecule has 0 amide bonds. The smallest absolute Gasteiger partial charge is 0.507 e. The van der Waals surface area contributed by atoms with Crippen LogP contribution in [0.2, 0.25) is 0 Å². The number of phenols is 2. The molecule has 0 fully saturated rings. The SMILES string of the molecule is Oc1ccc(F)cc1C(F)(F)F.Oc1ccc(F)cc1C(F)(F)F.[C-]1=CC=CC1.[C-]1=CC=CC1.[Zr+2]. The first-order valence-electron chi connectivity index (χ1n) is 9.37. The predicted octanol–water partition coefficient (Wildman–Crippen LogP) is 7.71. The van der Waals surface area contributed by atoms with Gasteiger partial charge in [-0.2, -0.15) is 38.5 Å². The van der Waals surface area contributed by atoms with E-state index in [4.69, 9.17) is 10.2 Å². The van der Waals surface area contributed by atoms with Gasteiger partial charge in [0.1, 0.15) is 34.3 Å². The maximum Gasteiger partial charge on any atom is 2.00 e. The first-order chi connectivity index (χ1) is 15.8. The quantitative estimate of drug-likeness (QED) is 0.247. The Morgan fingerprint density at radius 3 is 1.14 bits per heavy atom. The van der Waals surface area contributed by atoms with Crippen LogP contribution in [0, 0.1) is 23.8 Å². The van der Waals surface area contributed by atoms with Gasteiger partial charge in [0, 0.05) is 0 Å². The van der Waals surface area contributed by atoms with Gasteiger partial charge in [0.2, 0.25) is 0 Å². The molecule has 0 unspecified atom stereocenters. The first-order valence-corrected chi connectivity index (χ1v) is 9.37. The Labute approximate surface area is 215 Å². The van der Waals surface area contributed by atoms with Gasteiger partial charge in [-0.05, 0) is 36.4 Å². The third kappa shape index (κ3) is 13.1. The molecular weight excluding hydrogens is 563 g/mol. The van der Waals surface area contributed by atoms with Crippen molar-refractivity contribution in [2.75, 3.05) is 0 Å². The number of alkyl halides is 6. The second-order valence-corrected chi connectivity index (χ2v) is 6.32. The minimum absolute atomic E-state index is 0. The van der Waals surface area contributed by atoms with E-state index in [1.165, 1.54) is 0 Å². The van der Waals surface area contributed by atoms with Crippen LogP contribution in [-0.4, -0.2) is 10.2 Å². The van der Waals surface area contributed by atoms with Crippen molar-refractivity contribution in [2.45, 2.75) is 25.2 Å². The van der Waals surface area contributed by atoms with Gasteiger partial charge in [-0.25, -0.2) is 33.1 Å². The number of aromatic hydroxyl groups is 2. The molecule has 4 rings (SSSR count). The third-order valence-corrected chi connectivity index (χ3v) is 3.70. The molecule has 186 valence electrons. The van der Waals surface area contributed by atoms with Gasteiger partial charge < -0.3 is 10.2 Å². The Kier molecular flexibility index (Phi) is 14.2. The molecule has 2 aromatic rings. The van der Waals surface area contributed by atoms with Crippen molar-refractivity contribution in [3.05, 3.63) is 108 Å². The molecular formula is C24H18F8O2Zr. The summed E-state index contributed by atoms with van der Waals surface area (Å²) >= 11 is 0. The van der Waals surface area contributed by atoms with E-state index in [9.17, 15) is 35.1 Å². The number of benzene rings is 2. The van der Waals surface area contributed by atoms with Crippen LogP contribution >= 0.6 is 0 Å². The first kappa shape index (κ1) is 32.3. The van der Waals surface area contributed by atoms with Gasteiger partial charge in [0.25, 0.3) is 0 Å². The molecule has 2 nitrogen and oxygen atoms in total. The Morgan fingerprint density at radius 1 is 0.629 bits per heavy atom. The van der Waals surface area contributed by atoms with Gasteiger partial charge in [-0.15, -0.1) is 12.8 Å². The van der Waals surface area contributed by atoms with Gasteiger partial charge in [0.05, 0.1) is 0 Å². The van der Waals surface area contributed by atoms with Crippen molar-refractivity contribution in [1.82, 2.24) is 0 Å². The molecule has 11 heteroatoms. The minimum Gasteiger partial charge on any atom is -0.507 e. The van der Waals surface area contributed by atoms with Gasteiger partial charge >= 0.3 is 38.6 Å². The third-order valence-electron chi connectivity index (χ3n) is 3.70. The van der Waals surface area contributed by atoms with E-state index >= 15 is 0 Å². The molecule has 2 aliphatic rings. The van der Waals surface area contributed by atoms with E-state index in [-0.39, 0.29) is 38.3 Å². The van der Waals surface area contributed by atoms with E-state index in [2.05, 4.69) is 24.3 Å². The molecule has 2 N–H and O–H groups in total. The number of rotatable bonds is 0. The molecule has 0 saturated carbocycles. The fourth-order valence-electron chi connectivity index (χ4n) is 2.15. The zero-order chi connectivity index (χ0) is 25.8. The van der Waals surface area contributed by atoms with Crippen molar-refractivity contribution in [3.63, 3.8) is 0 Å². The van der Waals surface area contributed by atoms with Crippen LogP contribution in [0.1, 0.15) is 24.0 Å². The molecule has 2 aliphatic carbocycles. The maximum absolute atomic E-state index is 12.3. The van der Waals surface area contributed by atoms with Gasteiger partial charge in [-0.1, -0.05) is 0 Å². The maximum atomic E-state index is 12.3. The summed E-state index contributed by atoms with van der Waals surface area (Å²) in [6.07, 6.45) is 10.6. The molecule has 0 spiro atoms. The van der Waals surface area contributed by atoms with Crippen molar-refractivity contribution in [2.24, 2.45) is 0 Å². The summed E-state index contributed by atoms with van der Waals surface area (Å²) in [5.74, 6) is -3.99. The Balaban J connectivity index is 0.000000468. The molecule has 0 aliphatic heterocycles. The average molecular weight is 582 g/mol. The van der Waals surface area contributed by atoms with E-state index in [0.717, 1.165) is 25.0 Å². The summed E-state index contributed by atoms with van der Waals surface area (Å²) < 4.78 is 95.9. The zero-order valence-corrected chi connectivity index (χ0v) is 20.2. The van der Waals surface area contributed by atoms with Gasteiger partial charge in [-0.3, -0.25) is 12.2 Å². The fourth-order valence-corrected chi connectivity index (χ4v) is 2.15. The van der Waals surface area contributed by atoms with Crippen LogP contribution in [0.15, 0.2) is 72.9 Å². The van der Waals surface area contributed by atoms with Gasteiger partial charge in [0.15, 0.2) is 0 Å². The Morgan fingerprint density at radius 2 is 0.971 bits per heavy atom. The van der Waals surface area contributed by atoms with Crippen LogP contribution in [0.5, 0.6) is 11.5 Å². The summed E-state index contributed by atoms with van der Waals surface area (Å²) in [6.45, 7) is 0. The van der Waals surface area contributed by atoms with Crippen molar-refractivity contribution < 1.29 is 71.5 Å². The van der Waals surface area contributed by atoms with Crippen LogP contribution in [-0.2, 0) is 38.6 Å². The largest absolute Gasteiger partial charge is 2.00 e. The van der Waals surface area contributed by atoms with Crippen molar-refractivity contribution in [1.29, 1.82) is 0 Å². The molecule has 0 aromatic heterocycles. The molecule has 35 heavy (non-hydrogen) atoms. The zero-order valence-electron chi connectivity index (χ0n) is 17.8. The topological polar surface area (TPSA) is 40.5 Å². The normalized spacial score (nSPS) is 13.0. The molecule has 2 aromatic carbocycles. The van der Waals surface area contributed by atoms with E-state index < -0.39 is 46.6 Å². The summed E-state index contributed by atoms with van der Waals surface area (Å²) in [5, 5.41) is 17.4. The number of hydrogen-bond donors (Lipinski definition) is 2. The second-order valence-electron chi connectivity index (χ2n) is 6.32. The van der Waals surface area contributed by atoms with E-state index in [1.807, 2.05) is 24.3 Å². The molecule has 0 heterocycles. The second kappa shape index (κ2) is 15.3. The molecule has 0 saturated heterocycles. The standard InChI is InChI=1S/2C7H4F4O.2C5H5.Zr/c2*8-4-1-2-6(12)5(3-4)7(9,10)11;2*1-2-4-5-3-1;/h2*1-3,12H;2*1-3H,4H2;/q;;2*-1;+2. The molecule has 0 bridgehead atoms. The van der Waals surface area contributed by atoms with E-state index in [1.54, 1.807) is 0 Å². The Bertz CT molecular complexity index is 935. The fraction of sp³-hybridized carbons (Fsp3) is 0.167. The number of hydrogen-bond acceptors (Lipinski definition) is 2. The van der Waals surface area contributed by atoms with Crippen LogP contribution in [0.25, 0.3) is 0 Å². The summed E-state index contributed by atoms with van der Waals surface area (Å²) in [7, 11) is 0. The Hall–Kier alpha value is -2.68. The summed E-state index contributed by atoms with van der Waals surface area (Å²) in [6, 6.07) is 3.33. The summed E-state index contributed by atoms with van der Waals surface area (Å²) in [4.78, 5) is 0. The van der Waals surface area contributed by atoms with Crippen LogP contribution in [0.4, 0.5) is 35.1 Å². The van der Waals surface area contributed by atoms with Crippen LogP contribution < -0.4 is 0 Å². The average Bonchev–Trinajstić information content (AvgIpc) is 3.49. The van der Waals surface area contributed by atoms with E-state index in [0.29, 0.717) is 12.1 Å². The van der Waals surface area contributed by atoms with Crippen LogP contribution in [0.3, 0.4) is 0 Å². The molecule has 0 radical (unpaired) electrons. The number of halogens is 8. The van der Waals surface area contributed by atoms with Crippen molar-refractivity contribution in [3.8, 4) is 11.5 Å². The number of allylic oxidation sites excluding steroid dienone is 8.